The molecule has 0 heterocycles. The topological polar surface area (TPSA) is 63.6 Å². The van der Waals surface area contributed by atoms with Crippen LogP contribution in [0.1, 0.15) is 30.9 Å². The van der Waals surface area contributed by atoms with Crippen LogP contribution in [0.5, 0.6) is 0 Å². The Morgan fingerprint density at radius 2 is 1.68 bits per heavy atom. The first-order chi connectivity index (χ1) is 12.0. The van der Waals surface area contributed by atoms with Crippen molar-refractivity contribution in [2.45, 2.75) is 36.7 Å². The van der Waals surface area contributed by atoms with E-state index >= 15 is 0 Å². The molecule has 2 rings (SSSR count). The molecular formula is C20H26O4S. The lowest BCUT2D eigenvalue weighted by molar-refractivity contribution is -0.0393. The Bertz CT molecular complexity index is 748. The van der Waals surface area contributed by atoms with Gasteiger partial charge in [0.2, 0.25) is 0 Å². The van der Waals surface area contributed by atoms with E-state index in [9.17, 15) is 13.5 Å². The van der Waals surface area contributed by atoms with E-state index in [2.05, 4.69) is 6.92 Å². The molecule has 0 aliphatic carbocycles. The Hall–Kier alpha value is -1.69. The van der Waals surface area contributed by atoms with Gasteiger partial charge in [0.25, 0.3) is 0 Å². The number of ether oxygens (including phenoxy) is 1. The molecule has 0 radical (unpaired) electrons. The minimum Gasteiger partial charge on any atom is -0.393 e. The van der Waals surface area contributed by atoms with E-state index in [-0.39, 0.29) is 10.6 Å². The van der Waals surface area contributed by atoms with Crippen LogP contribution in [-0.4, -0.2) is 33.0 Å². The van der Waals surface area contributed by atoms with Gasteiger partial charge in [-0.25, -0.2) is 8.42 Å². The number of aryl methyl sites for hydroxylation is 1. The van der Waals surface area contributed by atoms with E-state index in [1.165, 1.54) is 7.11 Å². The average Bonchev–Trinajstić information content (AvgIpc) is 2.65. The van der Waals surface area contributed by atoms with Gasteiger partial charge in [-0.1, -0.05) is 55.8 Å². The van der Waals surface area contributed by atoms with Crippen LogP contribution in [-0.2, 0) is 26.6 Å². The summed E-state index contributed by atoms with van der Waals surface area (Å²) in [6.45, 7) is 1.71. The zero-order valence-electron chi connectivity index (χ0n) is 14.8. The van der Waals surface area contributed by atoms with Gasteiger partial charge < -0.3 is 9.84 Å². The number of hydrogen-bond acceptors (Lipinski definition) is 4. The van der Waals surface area contributed by atoms with Crippen molar-refractivity contribution in [3.05, 3.63) is 65.7 Å². The highest BCUT2D eigenvalue weighted by molar-refractivity contribution is 7.91. The molecule has 25 heavy (non-hydrogen) atoms. The van der Waals surface area contributed by atoms with E-state index in [1.807, 2.05) is 18.2 Å². The summed E-state index contributed by atoms with van der Waals surface area (Å²) in [5.41, 5.74) is 0.494. The summed E-state index contributed by atoms with van der Waals surface area (Å²) in [5, 5.41) is 9.89. The quantitative estimate of drug-likeness (QED) is 0.743. The second kappa shape index (κ2) is 8.61. The first kappa shape index (κ1) is 19.6. The number of benzene rings is 2. The van der Waals surface area contributed by atoms with Crippen molar-refractivity contribution in [1.82, 2.24) is 0 Å². The van der Waals surface area contributed by atoms with Crippen molar-refractivity contribution in [2.24, 2.45) is 0 Å². The number of aliphatic hydroxyl groups excluding tert-OH is 1. The van der Waals surface area contributed by atoms with E-state index in [0.717, 1.165) is 24.8 Å². The third-order valence-corrected chi connectivity index (χ3v) is 6.31. The van der Waals surface area contributed by atoms with Crippen molar-refractivity contribution in [2.75, 3.05) is 19.5 Å². The maximum atomic E-state index is 12.9. The van der Waals surface area contributed by atoms with Gasteiger partial charge in [0.05, 0.1) is 17.3 Å². The third-order valence-electron chi connectivity index (χ3n) is 4.47. The fourth-order valence-corrected chi connectivity index (χ4v) is 4.55. The van der Waals surface area contributed by atoms with Crippen LogP contribution in [0.4, 0.5) is 0 Å². The zero-order valence-corrected chi connectivity index (χ0v) is 15.6. The predicted octanol–water partition coefficient (Wildman–Crippen LogP) is 3.34. The van der Waals surface area contributed by atoms with Crippen molar-refractivity contribution in [1.29, 1.82) is 0 Å². The van der Waals surface area contributed by atoms with E-state index < -0.39 is 22.0 Å². The second-order valence-corrected chi connectivity index (χ2v) is 8.22. The molecule has 4 nitrogen and oxygen atoms in total. The van der Waals surface area contributed by atoms with Crippen LogP contribution in [0.25, 0.3) is 0 Å². The molecule has 0 fully saturated rings. The molecule has 0 amide bonds. The van der Waals surface area contributed by atoms with Crippen LogP contribution < -0.4 is 0 Å². The van der Waals surface area contributed by atoms with E-state index in [4.69, 9.17) is 4.74 Å². The monoisotopic (exact) mass is 362 g/mol. The third kappa shape index (κ3) is 4.69. The SMILES string of the molecule is CCCCc1ccc(S(=O)(=O)CC(CO)(OC)c2ccccc2)cc1. The summed E-state index contributed by atoms with van der Waals surface area (Å²) in [7, 11) is -2.19. The Morgan fingerprint density at radius 3 is 2.20 bits per heavy atom. The van der Waals surface area contributed by atoms with Crippen molar-refractivity contribution in [3.8, 4) is 0 Å². The lowest BCUT2D eigenvalue weighted by Gasteiger charge is -2.30. The van der Waals surface area contributed by atoms with Gasteiger partial charge in [-0.2, -0.15) is 0 Å². The molecule has 0 bridgehead atoms. The van der Waals surface area contributed by atoms with E-state index in [0.29, 0.717) is 5.56 Å². The van der Waals surface area contributed by atoms with Crippen molar-refractivity contribution in [3.63, 3.8) is 0 Å². The van der Waals surface area contributed by atoms with Gasteiger partial charge >= 0.3 is 0 Å². The normalized spacial score (nSPS) is 14.2. The van der Waals surface area contributed by atoms with Gasteiger partial charge in [0, 0.05) is 7.11 Å². The lowest BCUT2D eigenvalue weighted by Crippen LogP contribution is -2.40. The number of hydrogen-bond donors (Lipinski definition) is 1. The lowest BCUT2D eigenvalue weighted by atomic mass is 9.97. The standard InChI is InChI=1S/C20H26O4S/c1-3-4-8-17-11-13-19(14-12-17)25(22,23)16-20(15-21,24-2)18-9-6-5-7-10-18/h5-7,9-14,21H,3-4,8,15-16H2,1-2H3. The van der Waals surface area contributed by atoms with Crippen molar-refractivity contribution < 1.29 is 18.3 Å². The summed E-state index contributed by atoms with van der Waals surface area (Å²) in [4.78, 5) is 0.249. The number of methoxy groups -OCH3 is 1. The molecule has 0 aromatic heterocycles. The molecule has 0 spiro atoms. The molecule has 1 atom stereocenters. The highest BCUT2D eigenvalue weighted by atomic mass is 32.2. The van der Waals surface area contributed by atoms with Gasteiger partial charge in [-0.05, 0) is 36.1 Å². The smallest absolute Gasteiger partial charge is 0.181 e. The molecular weight excluding hydrogens is 336 g/mol. The maximum Gasteiger partial charge on any atom is 0.181 e. The second-order valence-electron chi connectivity index (χ2n) is 6.23. The van der Waals surface area contributed by atoms with Gasteiger partial charge in [-0.3, -0.25) is 0 Å². The van der Waals surface area contributed by atoms with Gasteiger partial charge in [0.15, 0.2) is 9.84 Å². The highest BCUT2D eigenvalue weighted by Gasteiger charge is 2.37. The first-order valence-electron chi connectivity index (χ1n) is 8.50. The summed E-state index contributed by atoms with van der Waals surface area (Å²) in [5.74, 6) is -0.314. The molecule has 2 aromatic rings. The van der Waals surface area contributed by atoms with Gasteiger partial charge in [0.1, 0.15) is 5.60 Å². The molecule has 0 aliphatic heterocycles. The van der Waals surface area contributed by atoms with Crippen LogP contribution in [0.3, 0.4) is 0 Å². The Labute approximate surface area is 150 Å². The molecule has 1 N–H and O–H groups in total. The zero-order chi connectivity index (χ0) is 18.3. The number of rotatable bonds is 9. The Kier molecular flexibility index (Phi) is 6.76. The van der Waals surface area contributed by atoms with Crippen LogP contribution >= 0.6 is 0 Å². The molecule has 1 unspecified atom stereocenters. The summed E-state index contributed by atoms with van der Waals surface area (Å²) in [6, 6.07) is 16.0. The fraction of sp³-hybridized carbons (Fsp3) is 0.400. The van der Waals surface area contributed by atoms with Crippen molar-refractivity contribution >= 4 is 9.84 Å². The van der Waals surface area contributed by atoms with Crippen LogP contribution in [0, 0.1) is 0 Å². The molecule has 136 valence electrons. The summed E-state index contributed by atoms with van der Waals surface area (Å²) in [6.07, 6.45) is 3.13. The number of aliphatic hydroxyl groups is 1. The molecule has 0 saturated carbocycles. The summed E-state index contributed by atoms with van der Waals surface area (Å²) < 4.78 is 31.2. The average molecular weight is 362 g/mol. The number of sulfone groups is 1. The molecule has 2 aromatic carbocycles. The van der Waals surface area contributed by atoms with Crippen LogP contribution in [0.2, 0.25) is 0 Å². The predicted molar refractivity (Wildman–Crippen MR) is 99.3 cm³/mol. The van der Waals surface area contributed by atoms with Gasteiger partial charge in [-0.15, -0.1) is 0 Å². The Balaban J connectivity index is 2.29. The maximum absolute atomic E-state index is 12.9. The first-order valence-corrected chi connectivity index (χ1v) is 10.2. The Morgan fingerprint density at radius 1 is 1.04 bits per heavy atom. The summed E-state index contributed by atoms with van der Waals surface area (Å²) >= 11 is 0. The molecule has 0 aliphatic rings. The largest absolute Gasteiger partial charge is 0.393 e. The fourth-order valence-electron chi connectivity index (χ4n) is 2.84. The minimum absolute atomic E-state index is 0.249. The van der Waals surface area contributed by atoms with E-state index in [1.54, 1.807) is 36.4 Å². The number of unbranched alkanes of at least 4 members (excludes halogenated alkanes) is 1. The minimum atomic E-state index is -3.61. The molecule has 0 saturated heterocycles. The van der Waals surface area contributed by atoms with Crippen LogP contribution in [0.15, 0.2) is 59.5 Å². The highest BCUT2D eigenvalue weighted by Crippen LogP contribution is 2.29. The molecule has 5 heteroatoms.